The summed E-state index contributed by atoms with van der Waals surface area (Å²) < 4.78 is 5.03. The Labute approximate surface area is 143 Å². The van der Waals surface area contributed by atoms with Crippen molar-refractivity contribution in [2.24, 2.45) is 0 Å². The van der Waals surface area contributed by atoms with E-state index in [-0.39, 0.29) is 5.91 Å². The number of carbonyl (C=O) groups excluding carboxylic acids is 1. The number of anilines is 2. The highest BCUT2D eigenvalue weighted by atomic mass is 16.5. The Bertz CT molecular complexity index is 673. The molecular weight excluding hydrogens is 302 g/mol. The maximum atomic E-state index is 12.9. The zero-order valence-corrected chi connectivity index (χ0v) is 14.6. The van der Waals surface area contributed by atoms with Crippen molar-refractivity contribution in [1.82, 2.24) is 4.98 Å². The minimum absolute atomic E-state index is 0.0452. The van der Waals surface area contributed by atoms with E-state index in [4.69, 9.17) is 4.74 Å². The third-order valence-corrected chi connectivity index (χ3v) is 3.71. The molecule has 2 rings (SSSR count). The van der Waals surface area contributed by atoms with Crippen LogP contribution in [-0.4, -0.2) is 37.7 Å². The summed E-state index contributed by atoms with van der Waals surface area (Å²) >= 11 is 0. The van der Waals surface area contributed by atoms with Gasteiger partial charge in [-0.3, -0.25) is 9.78 Å². The second-order valence-electron chi connectivity index (χ2n) is 5.62. The minimum Gasteiger partial charge on any atom is -0.385 e. The van der Waals surface area contributed by atoms with E-state index in [0.29, 0.717) is 18.7 Å². The smallest absolute Gasteiger partial charge is 0.259 e. The summed E-state index contributed by atoms with van der Waals surface area (Å²) in [6.45, 7) is 6.08. The molecule has 1 amide bonds. The summed E-state index contributed by atoms with van der Waals surface area (Å²) in [7, 11) is 1.69. The maximum absolute atomic E-state index is 12.9. The quantitative estimate of drug-likeness (QED) is 0.754. The molecule has 0 aliphatic heterocycles. The molecule has 0 atom stereocenters. The van der Waals surface area contributed by atoms with Gasteiger partial charge < -0.3 is 15.0 Å². The van der Waals surface area contributed by atoms with Gasteiger partial charge in [0.1, 0.15) is 0 Å². The van der Waals surface area contributed by atoms with E-state index < -0.39 is 0 Å². The van der Waals surface area contributed by atoms with E-state index in [1.165, 1.54) is 0 Å². The number of nitrogens with zero attached hydrogens (tertiary/aromatic N) is 2. The van der Waals surface area contributed by atoms with Crippen LogP contribution in [0.3, 0.4) is 0 Å². The predicted octanol–water partition coefficient (Wildman–Crippen LogP) is 3.51. The number of aryl methyl sites for hydroxylation is 1. The zero-order chi connectivity index (χ0) is 17.4. The number of ether oxygens (including phenoxy) is 1. The van der Waals surface area contributed by atoms with Crippen LogP contribution in [0.5, 0.6) is 0 Å². The van der Waals surface area contributed by atoms with Crippen molar-refractivity contribution in [2.45, 2.75) is 20.3 Å². The van der Waals surface area contributed by atoms with Crippen molar-refractivity contribution >= 4 is 17.3 Å². The number of nitrogens with one attached hydrogen (secondary N) is 1. The first-order valence-electron chi connectivity index (χ1n) is 8.22. The molecule has 128 valence electrons. The van der Waals surface area contributed by atoms with Crippen LogP contribution in [0.25, 0.3) is 0 Å². The van der Waals surface area contributed by atoms with E-state index >= 15 is 0 Å². The van der Waals surface area contributed by atoms with Crippen LogP contribution in [0.2, 0.25) is 0 Å². The fourth-order valence-electron chi connectivity index (χ4n) is 2.50. The molecule has 0 spiro atoms. The van der Waals surface area contributed by atoms with E-state index in [0.717, 1.165) is 29.9 Å². The molecule has 1 aromatic heterocycles. The lowest BCUT2D eigenvalue weighted by Gasteiger charge is -2.21. The van der Waals surface area contributed by atoms with Crippen molar-refractivity contribution < 1.29 is 9.53 Å². The maximum Gasteiger partial charge on any atom is 0.259 e. The second-order valence-corrected chi connectivity index (χ2v) is 5.62. The molecule has 5 heteroatoms. The summed E-state index contributed by atoms with van der Waals surface area (Å²) in [6, 6.07) is 9.80. The molecule has 2 aromatic rings. The fraction of sp³-hybridized carbons (Fsp3) is 0.368. The molecule has 24 heavy (non-hydrogen) atoms. The fourth-order valence-corrected chi connectivity index (χ4v) is 2.50. The van der Waals surface area contributed by atoms with E-state index in [2.05, 4.69) is 10.3 Å². The Morgan fingerprint density at radius 1 is 1.29 bits per heavy atom. The third-order valence-electron chi connectivity index (χ3n) is 3.71. The van der Waals surface area contributed by atoms with Crippen molar-refractivity contribution in [1.29, 1.82) is 0 Å². The van der Waals surface area contributed by atoms with Gasteiger partial charge in [-0.1, -0.05) is 12.1 Å². The predicted molar refractivity (Wildman–Crippen MR) is 97.7 cm³/mol. The Kier molecular flexibility index (Phi) is 6.75. The van der Waals surface area contributed by atoms with Crippen molar-refractivity contribution in [3.05, 3.63) is 53.9 Å². The lowest BCUT2D eigenvalue weighted by molar-refractivity contribution is 0.0988. The van der Waals surface area contributed by atoms with E-state index in [1.807, 2.05) is 44.2 Å². The van der Waals surface area contributed by atoms with Crippen LogP contribution in [0, 0.1) is 6.92 Å². The molecule has 1 aromatic carbocycles. The van der Waals surface area contributed by atoms with Gasteiger partial charge in [-0.2, -0.15) is 0 Å². The molecule has 0 saturated heterocycles. The van der Waals surface area contributed by atoms with Crippen molar-refractivity contribution in [2.75, 3.05) is 37.0 Å². The Morgan fingerprint density at radius 2 is 2.12 bits per heavy atom. The number of benzene rings is 1. The number of carbonyl (C=O) groups is 1. The Morgan fingerprint density at radius 3 is 2.83 bits per heavy atom. The lowest BCUT2D eigenvalue weighted by Crippen LogP contribution is -2.30. The highest BCUT2D eigenvalue weighted by Crippen LogP contribution is 2.19. The molecule has 0 aliphatic rings. The van der Waals surface area contributed by atoms with Crippen LogP contribution >= 0.6 is 0 Å². The number of aromatic nitrogens is 1. The van der Waals surface area contributed by atoms with Crippen molar-refractivity contribution in [3.8, 4) is 0 Å². The van der Waals surface area contributed by atoms with Gasteiger partial charge in [0.2, 0.25) is 0 Å². The summed E-state index contributed by atoms with van der Waals surface area (Å²) in [6.07, 6.45) is 4.24. The molecule has 0 saturated carbocycles. The summed E-state index contributed by atoms with van der Waals surface area (Å²) in [5.74, 6) is -0.0452. The van der Waals surface area contributed by atoms with Crippen molar-refractivity contribution in [3.63, 3.8) is 0 Å². The number of amides is 1. The van der Waals surface area contributed by atoms with Crippen LogP contribution < -0.4 is 10.2 Å². The Hall–Kier alpha value is -2.40. The topological polar surface area (TPSA) is 54.5 Å². The molecule has 1 heterocycles. The first-order chi connectivity index (χ1) is 11.7. The molecule has 0 aliphatic carbocycles. The molecule has 1 N–H and O–H groups in total. The van der Waals surface area contributed by atoms with Gasteiger partial charge >= 0.3 is 0 Å². The average Bonchev–Trinajstić information content (AvgIpc) is 2.60. The van der Waals surface area contributed by atoms with Gasteiger partial charge in [-0.15, -0.1) is 0 Å². The van der Waals surface area contributed by atoms with Crippen LogP contribution in [0.1, 0.15) is 29.3 Å². The van der Waals surface area contributed by atoms with Gasteiger partial charge in [-0.05, 0) is 44.0 Å². The van der Waals surface area contributed by atoms with E-state index in [1.54, 1.807) is 24.4 Å². The molecule has 0 fully saturated rings. The largest absolute Gasteiger partial charge is 0.385 e. The van der Waals surface area contributed by atoms with Crippen LogP contribution in [-0.2, 0) is 4.74 Å². The van der Waals surface area contributed by atoms with Gasteiger partial charge in [-0.25, -0.2) is 0 Å². The van der Waals surface area contributed by atoms with Gasteiger partial charge in [0.15, 0.2) is 0 Å². The molecule has 5 nitrogen and oxygen atoms in total. The Balaban J connectivity index is 2.12. The van der Waals surface area contributed by atoms with Gasteiger partial charge in [0.05, 0.1) is 11.3 Å². The number of hydrogen-bond acceptors (Lipinski definition) is 4. The highest BCUT2D eigenvalue weighted by molar-refractivity contribution is 6.06. The van der Waals surface area contributed by atoms with Gasteiger partial charge in [0, 0.05) is 44.9 Å². The first-order valence-corrected chi connectivity index (χ1v) is 8.22. The number of rotatable bonds is 8. The van der Waals surface area contributed by atoms with Crippen LogP contribution in [0.4, 0.5) is 11.4 Å². The molecule has 0 bridgehead atoms. The van der Waals surface area contributed by atoms with E-state index in [9.17, 15) is 4.79 Å². The molecule has 0 radical (unpaired) electrons. The summed E-state index contributed by atoms with van der Waals surface area (Å²) in [5.41, 5.74) is 3.46. The second kappa shape index (κ2) is 9.03. The standard InChI is InChI=1S/C19H25N3O2/c1-4-22(18-8-5-7-15(2)11-18)19(23)16-12-17(14-20-13-16)21-9-6-10-24-3/h5,7-8,11-14,21H,4,6,9-10H2,1-3H3. The SMILES string of the molecule is CCN(C(=O)c1cncc(NCCCOC)c1)c1cccc(C)c1. The lowest BCUT2D eigenvalue weighted by atomic mass is 10.1. The van der Waals surface area contributed by atoms with Crippen LogP contribution in [0.15, 0.2) is 42.7 Å². The number of pyridine rings is 1. The number of hydrogen-bond donors (Lipinski definition) is 1. The monoisotopic (exact) mass is 327 g/mol. The number of methoxy groups -OCH3 is 1. The average molecular weight is 327 g/mol. The zero-order valence-electron chi connectivity index (χ0n) is 14.6. The highest BCUT2D eigenvalue weighted by Gasteiger charge is 2.17. The van der Waals surface area contributed by atoms with Gasteiger partial charge in [0.25, 0.3) is 5.91 Å². The normalized spacial score (nSPS) is 10.5. The molecular formula is C19H25N3O2. The molecule has 0 unspecified atom stereocenters. The third kappa shape index (κ3) is 4.80. The summed E-state index contributed by atoms with van der Waals surface area (Å²) in [5, 5.41) is 3.27. The minimum atomic E-state index is -0.0452. The summed E-state index contributed by atoms with van der Waals surface area (Å²) in [4.78, 5) is 18.8. The first kappa shape index (κ1) is 17.9.